The summed E-state index contributed by atoms with van der Waals surface area (Å²) in [5.41, 5.74) is 5.44. The van der Waals surface area contributed by atoms with Crippen molar-refractivity contribution < 1.29 is 14.4 Å². The van der Waals surface area contributed by atoms with Crippen LogP contribution in [0, 0.1) is 19.8 Å². The average Bonchev–Trinajstić information content (AvgIpc) is 3.38. The zero-order valence-corrected chi connectivity index (χ0v) is 22.9. The maximum atomic E-state index is 13.3. The Kier molecular flexibility index (Phi) is 7.43. The molecule has 2 aromatic rings. The van der Waals surface area contributed by atoms with Gasteiger partial charge in [0, 0.05) is 60.4 Å². The van der Waals surface area contributed by atoms with Crippen molar-refractivity contribution in [1.82, 2.24) is 20.1 Å². The van der Waals surface area contributed by atoms with Crippen LogP contribution in [0.3, 0.4) is 0 Å². The summed E-state index contributed by atoms with van der Waals surface area (Å²) >= 11 is 0. The second kappa shape index (κ2) is 10.8. The standard InChI is InChI=1S/C30H39N5O3/c1-18-26(31-20(3)27(18)30(38)35-14-12-34(4)13-15-35)17-24-23-16-22(10-11-25(23)33-29(24)37)28(36)32-19(2)21-8-6-5-7-9-21/h10-11,16-17,19,21,31H,5-9,12-15H2,1-4H3,(H,32,36)(H,33,37)/b24-17-/t19-/m1/s1. The maximum absolute atomic E-state index is 13.3. The fraction of sp³-hybridized carbons (Fsp3) is 0.500. The third kappa shape index (κ3) is 5.14. The molecule has 3 aliphatic rings. The lowest BCUT2D eigenvalue weighted by Gasteiger charge is -2.32. The number of amides is 3. The molecular weight excluding hydrogens is 478 g/mol. The molecule has 1 atom stereocenters. The van der Waals surface area contributed by atoms with Gasteiger partial charge in [-0.1, -0.05) is 19.3 Å². The number of aromatic amines is 1. The van der Waals surface area contributed by atoms with E-state index in [1.165, 1.54) is 19.3 Å². The Hall–Kier alpha value is -3.39. The summed E-state index contributed by atoms with van der Waals surface area (Å²) in [7, 11) is 2.07. The lowest BCUT2D eigenvalue weighted by Crippen LogP contribution is -2.47. The lowest BCUT2D eigenvalue weighted by molar-refractivity contribution is -0.110. The molecule has 3 N–H and O–H groups in total. The summed E-state index contributed by atoms with van der Waals surface area (Å²) in [5.74, 6) is 0.210. The van der Waals surface area contributed by atoms with Crippen LogP contribution in [0.2, 0.25) is 0 Å². The zero-order chi connectivity index (χ0) is 27.0. The highest BCUT2D eigenvalue weighted by molar-refractivity contribution is 6.35. The highest BCUT2D eigenvalue weighted by Crippen LogP contribution is 2.35. The van der Waals surface area contributed by atoms with Gasteiger partial charge in [0.2, 0.25) is 0 Å². The molecule has 2 aliphatic heterocycles. The Bertz CT molecular complexity index is 1280. The summed E-state index contributed by atoms with van der Waals surface area (Å²) in [6.45, 7) is 9.04. The number of nitrogens with zero attached hydrogens (tertiary/aromatic N) is 2. The monoisotopic (exact) mass is 517 g/mol. The minimum Gasteiger partial charge on any atom is -0.358 e. The summed E-state index contributed by atoms with van der Waals surface area (Å²) in [6, 6.07) is 5.47. The molecule has 3 heterocycles. The van der Waals surface area contributed by atoms with Gasteiger partial charge in [-0.05, 0) is 76.4 Å². The molecule has 0 unspecified atom stereocenters. The smallest absolute Gasteiger partial charge is 0.256 e. The fourth-order valence-corrected chi connectivity index (χ4v) is 6.07. The molecule has 3 amide bonds. The van der Waals surface area contributed by atoms with Crippen molar-refractivity contribution in [2.45, 2.75) is 58.9 Å². The van der Waals surface area contributed by atoms with Crippen molar-refractivity contribution >= 4 is 35.1 Å². The van der Waals surface area contributed by atoms with Crippen LogP contribution in [0.15, 0.2) is 18.2 Å². The second-order valence-corrected chi connectivity index (χ2v) is 11.2. The number of nitrogens with one attached hydrogen (secondary N) is 3. The van der Waals surface area contributed by atoms with Crippen LogP contribution in [-0.4, -0.2) is 71.8 Å². The largest absolute Gasteiger partial charge is 0.358 e. The number of hydrogen-bond acceptors (Lipinski definition) is 4. The van der Waals surface area contributed by atoms with Crippen LogP contribution in [0.25, 0.3) is 11.6 Å². The maximum Gasteiger partial charge on any atom is 0.256 e. The van der Waals surface area contributed by atoms with Gasteiger partial charge in [-0.2, -0.15) is 0 Å². The molecule has 0 radical (unpaired) electrons. The number of H-pyrrole nitrogens is 1. The highest BCUT2D eigenvalue weighted by Gasteiger charge is 2.29. The van der Waals surface area contributed by atoms with Crippen LogP contribution < -0.4 is 10.6 Å². The number of carbonyl (C=O) groups excluding carboxylic acids is 3. The third-order valence-electron chi connectivity index (χ3n) is 8.55. The number of likely N-dealkylation sites (N-methyl/N-ethyl adjacent to an activating group) is 1. The van der Waals surface area contributed by atoms with Gasteiger partial charge in [0.05, 0.1) is 11.1 Å². The summed E-state index contributed by atoms with van der Waals surface area (Å²) in [6.07, 6.45) is 7.86. The van der Waals surface area contributed by atoms with Crippen LogP contribution in [0.1, 0.15) is 82.3 Å². The van der Waals surface area contributed by atoms with Crippen LogP contribution in [-0.2, 0) is 4.79 Å². The topological polar surface area (TPSA) is 97.5 Å². The predicted octanol–water partition coefficient (Wildman–Crippen LogP) is 4.21. The van der Waals surface area contributed by atoms with Gasteiger partial charge in [-0.3, -0.25) is 14.4 Å². The molecule has 1 aliphatic carbocycles. The second-order valence-electron chi connectivity index (χ2n) is 11.2. The molecule has 1 aromatic heterocycles. The van der Waals surface area contributed by atoms with Gasteiger partial charge in [-0.25, -0.2) is 0 Å². The number of aryl methyl sites for hydroxylation is 1. The first-order chi connectivity index (χ1) is 18.2. The molecule has 8 nitrogen and oxygen atoms in total. The third-order valence-corrected chi connectivity index (χ3v) is 8.55. The van der Waals surface area contributed by atoms with E-state index in [9.17, 15) is 14.4 Å². The number of benzene rings is 1. The normalized spacial score (nSPS) is 20.4. The number of rotatable bonds is 5. The number of carbonyl (C=O) groups is 3. The van der Waals surface area contributed by atoms with E-state index in [2.05, 4.69) is 34.5 Å². The van der Waals surface area contributed by atoms with Crippen molar-refractivity contribution in [2.75, 3.05) is 38.5 Å². The highest BCUT2D eigenvalue weighted by atomic mass is 16.2. The SMILES string of the molecule is Cc1[nH]c(/C=C2\C(=O)Nc3ccc(C(=O)N[C@H](C)C4CCCCC4)cc32)c(C)c1C(=O)N1CCN(C)CC1. The first kappa shape index (κ1) is 26.2. The number of hydrogen-bond donors (Lipinski definition) is 3. The Morgan fingerprint density at radius 3 is 2.50 bits per heavy atom. The van der Waals surface area contributed by atoms with Crippen molar-refractivity contribution in [3.05, 3.63) is 51.8 Å². The predicted molar refractivity (Wildman–Crippen MR) is 150 cm³/mol. The average molecular weight is 518 g/mol. The number of fused-ring (bicyclic) bond motifs is 1. The van der Waals surface area contributed by atoms with Gasteiger partial charge in [0.1, 0.15) is 0 Å². The van der Waals surface area contributed by atoms with E-state index in [1.54, 1.807) is 24.3 Å². The molecule has 1 saturated heterocycles. The first-order valence-electron chi connectivity index (χ1n) is 13.9. The molecule has 202 valence electrons. The summed E-state index contributed by atoms with van der Waals surface area (Å²) in [4.78, 5) is 46.8. The molecular formula is C30H39N5O3. The van der Waals surface area contributed by atoms with Crippen molar-refractivity contribution in [2.24, 2.45) is 5.92 Å². The van der Waals surface area contributed by atoms with Gasteiger partial charge in [0.25, 0.3) is 17.7 Å². The Labute approximate surface area is 224 Å². The first-order valence-corrected chi connectivity index (χ1v) is 13.9. The van der Waals surface area contributed by atoms with Crippen molar-refractivity contribution in [3.8, 4) is 0 Å². The van der Waals surface area contributed by atoms with Gasteiger partial charge < -0.3 is 25.4 Å². The van der Waals surface area contributed by atoms with E-state index in [4.69, 9.17) is 0 Å². The number of anilines is 1. The van der Waals surface area contributed by atoms with E-state index >= 15 is 0 Å². The number of aromatic nitrogens is 1. The van der Waals surface area contributed by atoms with Crippen LogP contribution in [0.5, 0.6) is 0 Å². The fourth-order valence-electron chi connectivity index (χ4n) is 6.07. The summed E-state index contributed by atoms with van der Waals surface area (Å²) < 4.78 is 0. The van der Waals surface area contributed by atoms with Gasteiger partial charge in [-0.15, -0.1) is 0 Å². The van der Waals surface area contributed by atoms with Crippen molar-refractivity contribution in [3.63, 3.8) is 0 Å². The van der Waals surface area contributed by atoms with Gasteiger partial charge >= 0.3 is 0 Å². The zero-order valence-electron chi connectivity index (χ0n) is 22.9. The molecule has 38 heavy (non-hydrogen) atoms. The van der Waals surface area contributed by atoms with Crippen molar-refractivity contribution in [1.29, 1.82) is 0 Å². The Morgan fingerprint density at radius 2 is 1.79 bits per heavy atom. The summed E-state index contributed by atoms with van der Waals surface area (Å²) in [5, 5.41) is 6.10. The molecule has 2 fully saturated rings. The molecule has 8 heteroatoms. The van der Waals surface area contributed by atoms with E-state index in [0.717, 1.165) is 42.9 Å². The van der Waals surface area contributed by atoms with E-state index in [0.29, 0.717) is 47.0 Å². The molecule has 0 bridgehead atoms. The lowest BCUT2D eigenvalue weighted by atomic mass is 9.84. The Balaban J connectivity index is 1.38. The molecule has 5 rings (SSSR count). The van der Waals surface area contributed by atoms with Gasteiger partial charge in [0.15, 0.2) is 0 Å². The van der Waals surface area contributed by atoms with E-state index in [-0.39, 0.29) is 23.8 Å². The molecule has 1 aromatic carbocycles. The van der Waals surface area contributed by atoms with E-state index in [1.807, 2.05) is 18.7 Å². The minimum absolute atomic E-state index is 0.0244. The van der Waals surface area contributed by atoms with E-state index < -0.39 is 0 Å². The Morgan fingerprint density at radius 1 is 1.08 bits per heavy atom. The van der Waals surface area contributed by atoms with Crippen LogP contribution in [0.4, 0.5) is 5.69 Å². The quantitative estimate of drug-likeness (QED) is 0.518. The molecule has 1 saturated carbocycles. The van der Waals surface area contributed by atoms with Crippen LogP contribution >= 0.6 is 0 Å². The minimum atomic E-state index is -0.216. The number of piperazine rings is 1. The molecule has 0 spiro atoms.